The van der Waals surface area contributed by atoms with E-state index in [1.807, 2.05) is 0 Å². The number of rotatable bonds is 2. The molecule has 0 atom stereocenters. The van der Waals surface area contributed by atoms with Crippen molar-refractivity contribution in [3.63, 3.8) is 0 Å². The number of hydrogen-bond donors (Lipinski definition) is 0. The summed E-state index contributed by atoms with van der Waals surface area (Å²) < 4.78 is 1.28. The predicted molar refractivity (Wildman–Crippen MR) is 60.2 cm³/mol. The van der Waals surface area contributed by atoms with E-state index in [1.54, 1.807) is 6.07 Å². The van der Waals surface area contributed by atoms with Crippen LogP contribution in [-0.2, 0) is 0 Å². The van der Waals surface area contributed by atoms with Crippen molar-refractivity contribution in [1.29, 1.82) is 0 Å². The molecule has 2 aromatic rings. The summed E-state index contributed by atoms with van der Waals surface area (Å²) >= 11 is 11.6. The molecule has 0 saturated heterocycles. The maximum atomic E-state index is 10.8. The van der Waals surface area contributed by atoms with E-state index in [9.17, 15) is 10.1 Å². The molecule has 2 rings (SSSR count). The molecule has 1 aromatic heterocycles. The first-order chi connectivity index (χ1) is 7.59. The van der Waals surface area contributed by atoms with Gasteiger partial charge in [0.1, 0.15) is 0 Å². The molecule has 0 bridgehead atoms. The number of nitro benzene ring substituents is 1. The fraction of sp³-hybridized carbons (Fsp3) is 0. The molecular formula is C9H5Cl2N3O2. The first-order valence-electron chi connectivity index (χ1n) is 4.23. The van der Waals surface area contributed by atoms with Crippen LogP contribution in [0.2, 0.25) is 10.0 Å². The fourth-order valence-electron chi connectivity index (χ4n) is 1.30. The van der Waals surface area contributed by atoms with Crippen molar-refractivity contribution in [3.05, 3.63) is 50.8 Å². The second kappa shape index (κ2) is 4.11. The van der Waals surface area contributed by atoms with Crippen LogP contribution in [0.25, 0.3) is 5.69 Å². The van der Waals surface area contributed by atoms with E-state index in [0.29, 0.717) is 5.02 Å². The van der Waals surface area contributed by atoms with Crippen molar-refractivity contribution in [3.8, 4) is 5.69 Å². The zero-order valence-corrected chi connectivity index (χ0v) is 9.31. The van der Waals surface area contributed by atoms with Gasteiger partial charge in [-0.3, -0.25) is 10.1 Å². The summed E-state index contributed by atoms with van der Waals surface area (Å²) in [6, 6.07) is 4.42. The molecule has 5 nitrogen and oxygen atoms in total. The van der Waals surface area contributed by atoms with E-state index in [4.69, 9.17) is 23.2 Å². The minimum Gasteiger partial charge on any atom is -0.258 e. The number of halogens is 2. The minimum absolute atomic E-state index is 0.118. The quantitative estimate of drug-likeness (QED) is 0.614. The van der Waals surface area contributed by atoms with Crippen LogP contribution in [0.1, 0.15) is 0 Å². The average molecular weight is 258 g/mol. The average Bonchev–Trinajstić information content (AvgIpc) is 2.64. The fourth-order valence-corrected chi connectivity index (χ4v) is 1.69. The van der Waals surface area contributed by atoms with Crippen molar-refractivity contribution in [2.45, 2.75) is 0 Å². The maximum absolute atomic E-state index is 10.8. The Morgan fingerprint density at radius 1 is 1.38 bits per heavy atom. The summed E-state index contributed by atoms with van der Waals surface area (Å²) in [5, 5.41) is 15.3. The Bertz CT molecular complexity index is 553. The van der Waals surface area contributed by atoms with Crippen molar-refractivity contribution in [1.82, 2.24) is 9.78 Å². The molecule has 0 saturated carbocycles. The van der Waals surface area contributed by atoms with Gasteiger partial charge in [-0.15, -0.1) is 0 Å². The summed E-state index contributed by atoms with van der Waals surface area (Å²) in [5.41, 5.74) is 0.0910. The van der Waals surface area contributed by atoms with Crippen LogP contribution < -0.4 is 0 Å². The van der Waals surface area contributed by atoms with Crippen LogP contribution in [0.15, 0.2) is 30.6 Å². The highest BCUT2D eigenvalue weighted by Crippen LogP contribution is 2.30. The lowest BCUT2D eigenvalue weighted by Gasteiger charge is -2.04. The molecule has 0 aliphatic carbocycles. The first kappa shape index (κ1) is 10.9. The van der Waals surface area contributed by atoms with Gasteiger partial charge >= 0.3 is 0 Å². The van der Waals surface area contributed by atoms with Gasteiger partial charge in [0.05, 0.1) is 21.2 Å². The highest BCUT2D eigenvalue weighted by Gasteiger charge is 2.18. The summed E-state index contributed by atoms with van der Waals surface area (Å²) in [6.07, 6.45) is 2.84. The van der Waals surface area contributed by atoms with Gasteiger partial charge in [-0.25, -0.2) is 4.68 Å². The molecule has 1 heterocycles. The minimum atomic E-state index is -0.517. The molecule has 1 aromatic carbocycles. The van der Waals surface area contributed by atoms with Gasteiger partial charge in [0.15, 0.2) is 5.69 Å². The Kier molecular flexibility index (Phi) is 2.80. The van der Waals surface area contributed by atoms with Crippen molar-refractivity contribution in [2.24, 2.45) is 0 Å². The lowest BCUT2D eigenvalue weighted by Crippen LogP contribution is -2.01. The number of nitrogens with zero attached hydrogens (tertiary/aromatic N) is 3. The van der Waals surface area contributed by atoms with Crippen LogP contribution in [0.3, 0.4) is 0 Å². The summed E-state index contributed by atoms with van der Waals surface area (Å²) in [7, 11) is 0. The molecule has 0 amide bonds. The molecule has 7 heteroatoms. The molecule has 0 radical (unpaired) electrons. The number of benzene rings is 1. The summed E-state index contributed by atoms with van der Waals surface area (Å²) in [4.78, 5) is 10.3. The number of hydrogen-bond acceptors (Lipinski definition) is 3. The predicted octanol–water partition coefficient (Wildman–Crippen LogP) is 3.09. The normalized spacial score (nSPS) is 10.4. The van der Waals surface area contributed by atoms with Crippen molar-refractivity contribution >= 4 is 28.9 Å². The molecule has 0 unspecified atom stereocenters. The van der Waals surface area contributed by atoms with Crippen LogP contribution in [-0.4, -0.2) is 14.7 Å². The van der Waals surface area contributed by atoms with E-state index < -0.39 is 4.92 Å². The Hall–Kier alpha value is -1.59. The van der Waals surface area contributed by atoms with Gasteiger partial charge in [0.2, 0.25) is 0 Å². The van der Waals surface area contributed by atoms with E-state index in [0.717, 1.165) is 0 Å². The van der Waals surface area contributed by atoms with Gasteiger partial charge in [-0.05, 0) is 6.07 Å². The molecule has 0 N–H and O–H groups in total. The molecule has 0 fully saturated rings. The zero-order valence-electron chi connectivity index (χ0n) is 7.80. The monoisotopic (exact) mass is 257 g/mol. The summed E-state index contributed by atoms with van der Waals surface area (Å²) in [5.74, 6) is 0. The van der Waals surface area contributed by atoms with Gasteiger partial charge in [-0.1, -0.05) is 29.3 Å². The number of para-hydroxylation sites is 1. The van der Waals surface area contributed by atoms with Crippen LogP contribution >= 0.6 is 23.2 Å². The van der Waals surface area contributed by atoms with Gasteiger partial charge in [0, 0.05) is 12.3 Å². The largest absolute Gasteiger partial charge is 0.296 e. The maximum Gasteiger partial charge on any atom is 0.296 e. The second-order valence-electron chi connectivity index (χ2n) is 2.97. The molecule has 16 heavy (non-hydrogen) atoms. The molecule has 0 aliphatic rings. The standard InChI is InChI=1S/C9H5Cl2N3O2/c10-6-4-12-13(5-6)9-7(11)2-1-3-8(9)14(15)16/h1-5H. The third-order valence-electron chi connectivity index (χ3n) is 1.94. The first-order valence-corrected chi connectivity index (χ1v) is 4.98. The number of nitro groups is 1. The Morgan fingerprint density at radius 3 is 2.69 bits per heavy atom. The third-order valence-corrected chi connectivity index (χ3v) is 2.44. The highest BCUT2D eigenvalue weighted by molar-refractivity contribution is 6.33. The van der Waals surface area contributed by atoms with E-state index in [1.165, 1.54) is 29.2 Å². The third kappa shape index (κ3) is 1.87. The van der Waals surface area contributed by atoms with Crippen LogP contribution in [0, 0.1) is 10.1 Å². The van der Waals surface area contributed by atoms with E-state index >= 15 is 0 Å². The van der Waals surface area contributed by atoms with E-state index in [-0.39, 0.29) is 16.4 Å². The van der Waals surface area contributed by atoms with Crippen molar-refractivity contribution < 1.29 is 4.92 Å². The highest BCUT2D eigenvalue weighted by atomic mass is 35.5. The summed E-state index contributed by atoms with van der Waals surface area (Å²) in [6.45, 7) is 0. The van der Waals surface area contributed by atoms with Gasteiger partial charge in [0.25, 0.3) is 5.69 Å². The second-order valence-corrected chi connectivity index (χ2v) is 3.81. The lowest BCUT2D eigenvalue weighted by molar-refractivity contribution is -0.384. The molecule has 82 valence electrons. The Morgan fingerprint density at radius 2 is 2.12 bits per heavy atom. The molecule has 0 aliphatic heterocycles. The van der Waals surface area contributed by atoms with Gasteiger partial charge in [-0.2, -0.15) is 5.10 Å². The molecular weight excluding hydrogens is 253 g/mol. The lowest BCUT2D eigenvalue weighted by atomic mass is 10.2. The SMILES string of the molecule is O=[N+]([O-])c1cccc(Cl)c1-n1cc(Cl)cn1. The van der Waals surface area contributed by atoms with E-state index in [2.05, 4.69) is 5.10 Å². The van der Waals surface area contributed by atoms with Crippen LogP contribution in [0.4, 0.5) is 5.69 Å². The Labute approximate surface area is 100 Å². The number of aromatic nitrogens is 2. The zero-order chi connectivity index (χ0) is 11.7. The van der Waals surface area contributed by atoms with Gasteiger partial charge < -0.3 is 0 Å². The molecule has 0 spiro atoms. The topological polar surface area (TPSA) is 61.0 Å². The smallest absolute Gasteiger partial charge is 0.258 e. The van der Waals surface area contributed by atoms with Crippen molar-refractivity contribution in [2.75, 3.05) is 0 Å². The van der Waals surface area contributed by atoms with Crippen LogP contribution in [0.5, 0.6) is 0 Å². The Balaban J connectivity index is 2.67.